The summed E-state index contributed by atoms with van der Waals surface area (Å²) in [5.41, 5.74) is 0. The molecule has 2 saturated carbocycles. The zero-order valence-electron chi connectivity index (χ0n) is 14.8. The number of hydrogen-bond donors (Lipinski definition) is 0. The van der Waals surface area contributed by atoms with Gasteiger partial charge in [-0.25, -0.2) is 0 Å². The van der Waals surface area contributed by atoms with Crippen molar-refractivity contribution in [1.82, 2.24) is 0 Å². The molecule has 0 nitrogen and oxygen atoms in total. The van der Waals surface area contributed by atoms with Crippen LogP contribution in [0.2, 0.25) is 11.0 Å². The molecule has 0 atom stereocenters. The van der Waals surface area contributed by atoms with Gasteiger partial charge in [-0.15, -0.1) is 0 Å². The van der Waals surface area contributed by atoms with E-state index >= 15 is 0 Å². The van der Waals surface area contributed by atoms with Crippen molar-refractivity contribution in [2.24, 2.45) is 0 Å². The second kappa shape index (κ2) is 10.1. The standard InChI is InChI=1S/C17H36B4/c18-17(14-10-6-3-7-11-15-17)20-21-19-16-12-8-4-1-2-5-9-13-16/h16,19-21H,1-15,18H2. The van der Waals surface area contributed by atoms with Gasteiger partial charge in [0.15, 0.2) is 0 Å². The Hall–Kier alpha value is 0.260. The summed E-state index contributed by atoms with van der Waals surface area (Å²) in [6.45, 7) is 0. The van der Waals surface area contributed by atoms with E-state index in [4.69, 9.17) is 0 Å². The summed E-state index contributed by atoms with van der Waals surface area (Å²) < 4.78 is 0. The molecule has 2 fully saturated rings. The lowest BCUT2D eigenvalue weighted by atomic mass is 9.09. The Kier molecular flexibility index (Phi) is 8.48. The van der Waals surface area contributed by atoms with E-state index in [9.17, 15) is 0 Å². The quantitative estimate of drug-likeness (QED) is 0.692. The maximum atomic E-state index is 2.60. The summed E-state index contributed by atoms with van der Waals surface area (Å²) in [6.07, 6.45) is 22.7. The Labute approximate surface area is 137 Å². The van der Waals surface area contributed by atoms with Crippen LogP contribution in [-0.2, 0) is 0 Å². The van der Waals surface area contributed by atoms with E-state index in [1.165, 1.54) is 118 Å². The highest BCUT2D eigenvalue weighted by Gasteiger charge is 2.26. The smallest absolute Gasteiger partial charge is 0.0884 e. The van der Waals surface area contributed by atoms with Gasteiger partial charge in [0.25, 0.3) is 0 Å². The lowest BCUT2D eigenvalue weighted by Gasteiger charge is -2.31. The SMILES string of the molecule is BC1(BBBC2CCCCCCCC2)CCCCCCC1. The lowest BCUT2D eigenvalue weighted by molar-refractivity contribution is 0.476. The van der Waals surface area contributed by atoms with Crippen LogP contribution in [0.3, 0.4) is 0 Å². The fourth-order valence-corrected chi connectivity index (χ4v) is 4.83. The summed E-state index contributed by atoms with van der Waals surface area (Å²) >= 11 is 0. The van der Waals surface area contributed by atoms with E-state index in [0.717, 1.165) is 5.82 Å². The average molecular weight is 284 g/mol. The maximum absolute atomic E-state index is 2.60. The molecular formula is C17H36B4. The summed E-state index contributed by atoms with van der Waals surface area (Å²) in [7, 11) is 7.17. The monoisotopic (exact) mass is 284 g/mol. The molecule has 0 aromatic heterocycles. The first-order chi connectivity index (χ1) is 10.3. The molecule has 2 rings (SSSR count). The van der Waals surface area contributed by atoms with Gasteiger partial charge >= 0.3 is 0 Å². The van der Waals surface area contributed by atoms with Crippen molar-refractivity contribution in [3.8, 4) is 0 Å². The highest BCUT2D eigenvalue weighted by Crippen LogP contribution is 2.36. The lowest BCUT2D eigenvalue weighted by Crippen LogP contribution is -2.31. The summed E-state index contributed by atoms with van der Waals surface area (Å²) in [5, 5.41) is 0.693. The van der Waals surface area contributed by atoms with Gasteiger partial charge in [-0.3, -0.25) is 0 Å². The molecule has 0 saturated heterocycles. The fourth-order valence-electron chi connectivity index (χ4n) is 4.83. The van der Waals surface area contributed by atoms with Gasteiger partial charge in [-0.1, -0.05) is 107 Å². The molecule has 4 heteroatoms. The molecule has 2 aliphatic rings. The van der Waals surface area contributed by atoms with Gasteiger partial charge in [-0.2, -0.15) is 0 Å². The van der Waals surface area contributed by atoms with Gasteiger partial charge in [0.2, 0.25) is 0 Å². The zero-order chi connectivity index (χ0) is 14.8. The Morgan fingerprint density at radius 1 is 0.667 bits per heavy atom. The highest BCUT2D eigenvalue weighted by atomic mass is 14.1. The Morgan fingerprint density at radius 2 is 1.14 bits per heavy atom. The normalized spacial score (nSPS) is 25.5. The van der Waals surface area contributed by atoms with Crippen LogP contribution in [-0.4, -0.2) is 29.2 Å². The van der Waals surface area contributed by atoms with E-state index < -0.39 is 0 Å². The molecule has 0 N–H and O–H groups in total. The second-order valence-electron chi connectivity index (χ2n) is 8.54. The Morgan fingerprint density at radius 3 is 1.71 bits per heavy atom. The second-order valence-corrected chi connectivity index (χ2v) is 8.54. The molecule has 0 radical (unpaired) electrons. The summed E-state index contributed by atoms with van der Waals surface area (Å²) in [6, 6.07) is 0. The van der Waals surface area contributed by atoms with Gasteiger partial charge in [-0.05, 0) is 0 Å². The molecule has 0 heterocycles. The zero-order valence-corrected chi connectivity index (χ0v) is 14.8. The third kappa shape index (κ3) is 7.38. The minimum Gasteiger partial charge on any atom is -0.0884 e. The Balaban J connectivity index is 1.68. The molecule has 116 valence electrons. The van der Waals surface area contributed by atoms with Crippen LogP contribution < -0.4 is 0 Å². The van der Waals surface area contributed by atoms with Crippen molar-refractivity contribution in [2.75, 3.05) is 0 Å². The van der Waals surface area contributed by atoms with Gasteiger partial charge in [0, 0.05) is 0 Å². The van der Waals surface area contributed by atoms with Crippen LogP contribution in [0, 0.1) is 0 Å². The van der Waals surface area contributed by atoms with Gasteiger partial charge < -0.3 is 0 Å². The van der Waals surface area contributed by atoms with Crippen LogP contribution in [0.1, 0.15) is 96.3 Å². The molecule has 0 aromatic carbocycles. The summed E-state index contributed by atoms with van der Waals surface area (Å²) in [4.78, 5) is 0. The summed E-state index contributed by atoms with van der Waals surface area (Å²) in [5.74, 6) is 1.07. The first-order valence-corrected chi connectivity index (χ1v) is 10.3. The van der Waals surface area contributed by atoms with E-state index in [1.807, 2.05) is 0 Å². The molecule has 2 aliphatic carbocycles. The van der Waals surface area contributed by atoms with Crippen molar-refractivity contribution >= 4 is 29.2 Å². The van der Waals surface area contributed by atoms with Crippen LogP contribution in [0.5, 0.6) is 0 Å². The molecule has 0 amide bonds. The van der Waals surface area contributed by atoms with E-state index in [2.05, 4.69) is 7.85 Å². The predicted octanol–water partition coefficient (Wildman–Crippen LogP) is 3.54. The number of hydrogen-bond acceptors (Lipinski definition) is 0. The highest BCUT2D eigenvalue weighted by molar-refractivity contribution is 7.31. The molecule has 0 unspecified atom stereocenters. The van der Waals surface area contributed by atoms with Crippen molar-refractivity contribution in [3.05, 3.63) is 0 Å². The molecule has 21 heavy (non-hydrogen) atoms. The largest absolute Gasteiger partial charge is 0.0987 e. The topological polar surface area (TPSA) is 0 Å². The van der Waals surface area contributed by atoms with Crippen molar-refractivity contribution < 1.29 is 0 Å². The van der Waals surface area contributed by atoms with Crippen LogP contribution in [0.4, 0.5) is 0 Å². The minimum absolute atomic E-state index is 0.693. The molecule has 0 spiro atoms. The molecule has 0 aliphatic heterocycles. The maximum Gasteiger partial charge on any atom is 0.0987 e. The van der Waals surface area contributed by atoms with Crippen molar-refractivity contribution in [3.63, 3.8) is 0 Å². The third-order valence-corrected chi connectivity index (χ3v) is 6.43. The van der Waals surface area contributed by atoms with Crippen LogP contribution in [0.25, 0.3) is 0 Å². The van der Waals surface area contributed by atoms with E-state index in [0.29, 0.717) is 5.21 Å². The van der Waals surface area contributed by atoms with Crippen LogP contribution >= 0.6 is 0 Å². The minimum atomic E-state index is 0.693. The van der Waals surface area contributed by atoms with E-state index in [-0.39, 0.29) is 0 Å². The van der Waals surface area contributed by atoms with Crippen LogP contribution in [0.15, 0.2) is 0 Å². The van der Waals surface area contributed by atoms with Gasteiger partial charge in [0.05, 0.1) is 29.2 Å². The predicted molar refractivity (Wildman–Crippen MR) is 106 cm³/mol. The fraction of sp³-hybridized carbons (Fsp3) is 1.00. The van der Waals surface area contributed by atoms with Crippen molar-refractivity contribution in [2.45, 2.75) is 107 Å². The first kappa shape index (κ1) is 17.6. The first-order valence-electron chi connectivity index (χ1n) is 10.3. The number of rotatable bonds is 4. The third-order valence-electron chi connectivity index (χ3n) is 6.43. The molecule has 0 bridgehead atoms. The van der Waals surface area contributed by atoms with E-state index in [1.54, 1.807) is 0 Å². The molecular weight excluding hydrogens is 247 g/mol. The average Bonchev–Trinajstić information content (AvgIpc) is 2.58. The van der Waals surface area contributed by atoms with Gasteiger partial charge in [0.1, 0.15) is 0 Å². The van der Waals surface area contributed by atoms with Crippen molar-refractivity contribution in [1.29, 1.82) is 0 Å². The molecule has 0 aromatic rings. The Bertz CT molecular complexity index is 252.